The second-order valence-electron chi connectivity index (χ2n) is 7.52. The third-order valence-corrected chi connectivity index (χ3v) is 5.20. The van der Waals surface area contributed by atoms with Crippen LogP contribution in [0.5, 0.6) is 0 Å². The zero-order valence-electron chi connectivity index (χ0n) is 15.5. The van der Waals surface area contributed by atoms with Gasteiger partial charge in [0, 0.05) is 5.92 Å². The van der Waals surface area contributed by atoms with E-state index in [4.69, 9.17) is 4.43 Å². The van der Waals surface area contributed by atoms with Crippen molar-refractivity contribution in [1.82, 2.24) is 0 Å². The van der Waals surface area contributed by atoms with E-state index in [1.807, 2.05) is 0 Å². The minimum absolute atomic E-state index is 0.366. The quantitative estimate of drug-likeness (QED) is 0.452. The molecular formula is C21H30OSi. The van der Waals surface area contributed by atoms with Crippen LogP contribution in [-0.2, 0) is 10.8 Å². The second kappa shape index (κ2) is 6.92. The largest absolute Gasteiger partial charge is 0.544 e. The Labute approximate surface area is 142 Å². The first-order valence-electron chi connectivity index (χ1n) is 8.57. The molecule has 1 nitrogen and oxygen atoms in total. The van der Waals surface area contributed by atoms with E-state index in [0.29, 0.717) is 5.92 Å². The van der Waals surface area contributed by atoms with Crippen molar-refractivity contribution in [2.24, 2.45) is 5.92 Å². The van der Waals surface area contributed by atoms with Crippen LogP contribution in [0.3, 0.4) is 0 Å². The van der Waals surface area contributed by atoms with Gasteiger partial charge in [-0.1, -0.05) is 43.3 Å². The van der Waals surface area contributed by atoms with Gasteiger partial charge in [0.2, 0.25) is 8.32 Å². The van der Waals surface area contributed by atoms with Gasteiger partial charge in [0.05, 0.1) is 0 Å². The lowest BCUT2D eigenvalue weighted by Crippen LogP contribution is -2.26. The molecule has 0 aromatic heterocycles. The first kappa shape index (κ1) is 17.8. The highest BCUT2D eigenvalue weighted by Gasteiger charge is 2.26. The van der Waals surface area contributed by atoms with Gasteiger partial charge in [-0.2, -0.15) is 0 Å². The molecule has 1 aromatic rings. The first-order chi connectivity index (χ1) is 10.7. The average Bonchev–Trinajstić information content (AvgIpc) is 2.47. The van der Waals surface area contributed by atoms with Crippen molar-refractivity contribution >= 4 is 13.9 Å². The normalized spacial score (nSPS) is 18.7. The molecule has 0 fully saturated rings. The molecule has 1 aliphatic rings. The summed E-state index contributed by atoms with van der Waals surface area (Å²) >= 11 is 0. The Balaban J connectivity index is 2.53. The van der Waals surface area contributed by atoms with Crippen LogP contribution >= 0.6 is 0 Å². The number of benzene rings is 1. The molecular weight excluding hydrogens is 296 g/mol. The van der Waals surface area contributed by atoms with Gasteiger partial charge in [0.15, 0.2) is 0 Å². The second-order valence-corrected chi connectivity index (χ2v) is 11.9. The van der Waals surface area contributed by atoms with Crippen LogP contribution in [0.25, 0.3) is 5.57 Å². The topological polar surface area (TPSA) is 9.23 Å². The van der Waals surface area contributed by atoms with E-state index in [-0.39, 0.29) is 0 Å². The van der Waals surface area contributed by atoms with Gasteiger partial charge >= 0.3 is 0 Å². The van der Waals surface area contributed by atoms with Crippen LogP contribution in [0.1, 0.15) is 38.3 Å². The summed E-state index contributed by atoms with van der Waals surface area (Å²) in [6.45, 7) is 17.5. The van der Waals surface area contributed by atoms with Crippen molar-refractivity contribution in [3.63, 3.8) is 0 Å². The predicted molar refractivity (Wildman–Crippen MR) is 104 cm³/mol. The molecule has 0 saturated heterocycles. The molecule has 0 spiro atoms. The minimum atomic E-state index is -1.64. The van der Waals surface area contributed by atoms with Crippen molar-refractivity contribution in [3.05, 3.63) is 65.0 Å². The van der Waals surface area contributed by atoms with Crippen LogP contribution < -0.4 is 0 Å². The van der Waals surface area contributed by atoms with Crippen molar-refractivity contribution < 1.29 is 4.43 Å². The van der Waals surface area contributed by atoms with Crippen LogP contribution in [0.4, 0.5) is 0 Å². The number of hydrogen-bond acceptors (Lipinski definition) is 1. The molecule has 2 heteroatoms. The van der Waals surface area contributed by atoms with Crippen molar-refractivity contribution in [2.45, 2.75) is 53.3 Å². The molecule has 1 aliphatic carbocycles. The maximum absolute atomic E-state index is 6.40. The molecule has 0 unspecified atom stereocenters. The van der Waals surface area contributed by atoms with Crippen molar-refractivity contribution in [3.8, 4) is 0 Å². The summed E-state index contributed by atoms with van der Waals surface area (Å²) in [6, 6.07) is 8.77. The highest BCUT2D eigenvalue weighted by atomic mass is 28.4. The fourth-order valence-electron chi connectivity index (χ4n) is 3.08. The molecule has 124 valence electrons. The van der Waals surface area contributed by atoms with Gasteiger partial charge in [-0.15, -0.1) is 0 Å². The van der Waals surface area contributed by atoms with Gasteiger partial charge in [0.25, 0.3) is 0 Å². The smallest absolute Gasteiger partial charge is 0.242 e. The molecule has 1 atom stereocenters. The highest BCUT2D eigenvalue weighted by molar-refractivity contribution is 6.70. The Hall–Kier alpha value is -1.54. The molecule has 2 rings (SSSR count). The van der Waals surface area contributed by atoms with Crippen molar-refractivity contribution in [1.29, 1.82) is 0 Å². The third kappa shape index (κ3) is 4.26. The molecule has 0 saturated carbocycles. The third-order valence-electron chi connectivity index (χ3n) is 4.37. The summed E-state index contributed by atoms with van der Waals surface area (Å²) in [5, 5.41) is 0. The lowest BCUT2D eigenvalue weighted by atomic mass is 9.81. The van der Waals surface area contributed by atoms with Gasteiger partial charge < -0.3 is 4.43 Å². The molecule has 23 heavy (non-hydrogen) atoms. The van der Waals surface area contributed by atoms with Crippen LogP contribution in [-0.4, -0.2) is 8.32 Å². The SMILES string of the molecule is C=C(C)[C@@H]1C=C(O[Si](C)(C)C)C(C)=C(c2ccccc2CC)C1. The number of allylic oxidation sites excluding steroid dienone is 4. The van der Waals surface area contributed by atoms with E-state index in [2.05, 4.69) is 77.3 Å². The molecule has 0 radical (unpaired) electrons. The molecule has 0 N–H and O–H groups in total. The predicted octanol–water partition coefficient (Wildman–Crippen LogP) is 6.35. The minimum Gasteiger partial charge on any atom is -0.544 e. The Morgan fingerprint density at radius 1 is 1.26 bits per heavy atom. The maximum atomic E-state index is 6.40. The molecule has 1 aromatic carbocycles. The number of aryl methyl sites for hydroxylation is 1. The first-order valence-corrected chi connectivity index (χ1v) is 12.0. The van der Waals surface area contributed by atoms with E-state index < -0.39 is 8.32 Å². The average molecular weight is 327 g/mol. The molecule has 0 amide bonds. The summed E-state index contributed by atoms with van der Waals surface area (Å²) in [4.78, 5) is 0. The zero-order valence-corrected chi connectivity index (χ0v) is 16.5. The summed E-state index contributed by atoms with van der Waals surface area (Å²) in [7, 11) is -1.64. The van der Waals surface area contributed by atoms with Crippen molar-refractivity contribution in [2.75, 3.05) is 0 Å². The van der Waals surface area contributed by atoms with Gasteiger partial charge in [-0.05, 0) is 74.7 Å². The van der Waals surface area contributed by atoms with Gasteiger partial charge in [0.1, 0.15) is 5.76 Å². The van der Waals surface area contributed by atoms with Crippen LogP contribution in [0.2, 0.25) is 19.6 Å². The standard InChI is InChI=1S/C21H30OSi/c1-8-17-11-9-10-12-19(17)20-13-18(15(2)3)14-21(16(20)4)22-23(5,6)7/h9-12,14,18H,2,8,13H2,1,3-7H3/t18-/m0/s1. The maximum Gasteiger partial charge on any atom is 0.242 e. The zero-order chi connectivity index (χ0) is 17.2. The fourth-order valence-corrected chi connectivity index (χ4v) is 3.96. The van der Waals surface area contributed by atoms with Crippen LogP contribution in [0, 0.1) is 5.92 Å². The molecule has 0 bridgehead atoms. The Bertz CT molecular complexity index is 659. The van der Waals surface area contributed by atoms with Crippen LogP contribution in [0.15, 0.2) is 53.8 Å². The van der Waals surface area contributed by atoms with E-state index in [0.717, 1.165) is 18.6 Å². The Morgan fingerprint density at radius 3 is 2.48 bits per heavy atom. The van der Waals surface area contributed by atoms with E-state index >= 15 is 0 Å². The monoisotopic (exact) mass is 326 g/mol. The number of rotatable bonds is 5. The van der Waals surface area contributed by atoms with Gasteiger partial charge in [-0.3, -0.25) is 0 Å². The lowest BCUT2D eigenvalue weighted by Gasteiger charge is -2.31. The summed E-state index contributed by atoms with van der Waals surface area (Å²) in [5.41, 5.74) is 6.72. The Kier molecular flexibility index (Phi) is 5.36. The van der Waals surface area contributed by atoms with E-state index in [1.54, 1.807) is 0 Å². The summed E-state index contributed by atoms with van der Waals surface area (Å²) in [5.74, 6) is 1.44. The Morgan fingerprint density at radius 2 is 1.91 bits per heavy atom. The molecule has 0 aliphatic heterocycles. The number of hydrogen-bond donors (Lipinski definition) is 0. The van der Waals surface area contributed by atoms with E-state index in [9.17, 15) is 0 Å². The highest BCUT2D eigenvalue weighted by Crippen LogP contribution is 2.40. The summed E-state index contributed by atoms with van der Waals surface area (Å²) < 4.78 is 6.40. The van der Waals surface area contributed by atoms with Gasteiger partial charge in [-0.25, -0.2) is 0 Å². The molecule has 0 heterocycles. The fraction of sp³-hybridized carbons (Fsp3) is 0.429. The summed E-state index contributed by atoms with van der Waals surface area (Å²) in [6.07, 6.45) is 4.36. The van der Waals surface area contributed by atoms with E-state index in [1.165, 1.54) is 27.8 Å². The lowest BCUT2D eigenvalue weighted by molar-refractivity contribution is 0.423.